The summed E-state index contributed by atoms with van der Waals surface area (Å²) in [7, 11) is 0. The third kappa shape index (κ3) is 3.45. The molecule has 4 heteroatoms. The summed E-state index contributed by atoms with van der Waals surface area (Å²) in [4.78, 5) is 22.4. The van der Waals surface area contributed by atoms with Gasteiger partial charge in [0.15, 0.2) is 0 Å². The SMILES string of the molecule is O=C(NC1CCCCCCC1)[C@H]1C[C@H]1C(=O)[O-]. The fourth-order valence-corrected chi connectivity index (χ4v) is 2.65. The maximum Gasteiger partial charge on any atom is 0.224 e. The Morgan fingerprint density at radius 2 is 1.53 bits per heavy atom. The second-order valence-corrected chi connectivity index (χ2v) is 5.32. The van der Waals surface area contributed by atoms with Crippen molar-refractivity contribution in [2.45, 2.75) is 57.4 Å². The van der Waals surface area contributed by atoms with Gasteiger partial charge < -0.3 is 15.2 Å². The van der Waals surface area contributed by atoms with Crippen LogP contribution in [0.2, 0.25) is 0 Å². The molecule has 2 aliphatic carbocycles. The smallest absolute Gasteiger partial charge is 0.224 e. The van der Waals surface area contributed by atoms with Crippen LogP contribution < -0.4 is 10.4 Å². The number of amides is 1. The molecule has 1 amide bonds. The highest BCUT2D eigenvalue weighted by Gasteiger charge is 2.44. The number of carboxylic acid groups (broad SMARTS) is 1. The van der Waals surface area contributed by atoms with Crippen molar-refractivity contribution >= 4 is 11.9 Å². The van der Waals surface area contributed by atoms with E-state index in [1.165, 1.54) is 32.1 Å². The molecular weight excluding hydrogens is 218 g/mol. The summed E-state index contributed by atoms with van der Waals surface area (Å²) in [5.74, 6) is -2.03. The van der Waals surface area contributed by atoms with Crippen molar-refractivity contribution in [3.8, 4) is 0 Å². The molecular formula is C13H20NO3-. The van der Waals surface area contributed by atoms with Gasteiger partial charge >= 0.3 is 0 Å². The molecule has 0 aromatic heterocycles. The molecule has 0 unspecified atom stereocenters. The van der Waals surface area contributed by atoms with E-state index in [4.69, 9.17) is 0 Å². The van der Waals surface area contributed by atoms with Gasteiger partial charge in [0.25, 0.3) is 0 Å². The molecule has 2 atom stereocenters. The lowest BCUT2D eigenvalue weighted by Crippen LogP contribution is -2.37. The number of carbonyl (C=O) groups is 2. The first-order chi connectivity index (χ1) is 8.18. The second kappa shape index (κ2) is 5.52. The van der Waals surface area contributed by atoms with Gasteiger partial charge in [0.2, 0.25) is 5.91 Å². The van der Waals surface area contributed by atoms with E-state index in [0.717, 1.165) is 12.8 Å². The summed E-state index contributed by atoms with van der Waals surface area (Å²) in [6, 6.07) is 0.255. The van der Waals surface area contributed by atoms with Gasteiger partial charge in [-0.05, 0) is 19.3 Å². The van der Waals surface area contributed by atoms with E-state index in [1.807, 2.05) is 0 Å². The fraction of sp³-hybridized carbons (Fsp3) is 0.846. The van der Waals surface area contributed by atoms with Crippen molar-refractivity contribution in [2.24, 2.45) is 11.8 Å². The van der Waals surface area contributed by atoms with E-state index in [2.05, 4.69) is 5.32 Å². The molecule has 2 fully saturated rings. The summed E-state index contributed by atoms with van der Waals surface area (Å²) in [6.07, 6.45) is 8.66. The molecule has 96 valence electrons. The van der Waals surface area contributed by atoms with Crippen molar-refractivity contribution in [3.63, 3.8) is 0 Å². The minimum atomic E-state index is -1.08. The van der Waals surface area contributed by atoms with E-state index in [0.29, 0.717) is 6.42 Å². The quantitative estimate of drug-likeness (QED) is 0.783. The van der Waals surface area contributed by atoms with Gasteiger partial charge in [0.05, 0.1) is 0 Å². The van der Waals surface area contributed by atoms with Gasteiger partial charge in [-0.3, -0.25) is 4.79 Å². The number of nitrogens with one attached hydrogen (secondary N) is 1. The Bertz CT molecular complexity index is 295. The first kappa shape index (κ1) is 12.4. The number of rotatable bonds is 3. The normalized spacial score (nSPS) is 30.1. The maximum atomic E-state index is 11.8. The fourth-order valence-electron chi connectivity index (χ4n) is 2.65. The minimum absolute atomic E-state index is 0.0789. The Balaban J connectivity index is 1.75. The zero-order valence-electron chi connectivity index (χ0n) is 10.1. The lowest BCUT2D eigenvalue weighted by atomic mass is 9.96. The van der Waals surface area contributed by atoms with Gasteiger partial charge in [-0.2, -0.15) is 0 Å². The first-order valence-corrected chi connectivity index (χ1v) is 6.69. The summed E-state index contributed by atoms with van der Waals surface area (Å²) in [5.41, 5.74) is 0. The molecule has 2 saturated carbocycles. The molecule has 0 saturated heterocycles. The van der Waals surface area contributed by atoms with E-state index < -0.39 is 11.9 Å². The van der Waals surface area contributed by atoms with Crippen LogP contribution in [-0.4, -0.2) is 17.9 Å². The molecule has 4 nitrogen and oxygen atoms in total. The first-order valence-electron chi connectivity index (χ1n) is 6.69. The Morgan fingerprint density at radius 3 is 2.06 bits per heavy atom. The molecule has 0 aromatic carbocycles. The Morgan fingerprint density at radius 1 is 0.941 bits per heavy atom. The van der Waals surface area contributed by atoms with Crippen LogP contribution in [-0.2, 0) is 9.59 Å². The molecule has 0 aromatic rings. The topological polar surface area (TPSA) is 69.2 Å². The van der Waals surface area contributed by atoms with Crippen LogP contribution in [0.5, 0.6) is 0 Å². The summed E-state index contributed by atoms with van der Waals surface area (Å²) < 4.78 is 0. The Kier molecular flexibility index (Phi) is 4.02. The third-order valence-corrected chi connectivity index (χ3v) is 3.88. The molecule has 2 aliphatic rings. The molecule has 0 aliphatic heterocycles. The van der Waals surface area contributed by atoms with Gasteiger partial charge in [0, 0.05) is 23.8 Å². The molecule has 1 N–H and O–H groups in total. The van der Waals surface area contributed by atoms with Gasteiger partial charge in [-0.25, -0.2) is 0 Å². The molecule has 0 heterocycles. The lowest BCUT2D eigenvalue weighted by Gasteiger charge is -2.21. The molecule has 0 radical (unpaired) electrons. The monoisotopic (exact) mass is 238 g/mol. The predicted octanol–water partition coefficient (Wildman–Crippen LogP) is 0.601. The second-order valence-electron chi connectivity index (χ2n) is 5.32. The molecule has 17 heavy (non-hydrogen) atoms. The van der Waals surface area contributed by atoms with Crippen molar-refractivity contribution in [2.75, 3.05) is 0 Å². The highest BCUT2D eigenvalue weighted by molar-refractivity contribution is 5.88. The van der Waals surface area contributed by atoms with Gasteiger partial charge in [-0.15, -0.1) is 0 Å². The van der Waals surface area contributed by atoms with Crippen molar-refractivity contribution in [1.29, 1.82) is 0 Å². The minimum Gasteiger partial charge on any atom is -0.550 e. The molecule has 2 rings (SSSR count). The average Bonchev–Trinajstić information content (AvgIpc) is 3.01. The number of hydrogen-bond donors (Lipinski definition) is 1. The number of carboxylic acids is 1. The summed E-state index contributed by atoms with van der Waals surface area (Å²) in [6.45, 7) is 0. The Hall–Kier alpha value is -1.06. The van der Waals surface area contributed by atoms with Crippen LogP contribution in [0.1, 0.15) is 51.4 Å². The zero-order valence-corrected chi connectivity index (χ0v) is 10.1. The van der Waals surface area contributed by atoms with Crippen LogP contribution in [0, 0.1) is 11.8 Å². The maximum absolute atomic E-state index is 11.8. The summed E-state index contributed by atoms with van der Waals surface area (Å²) in [5, 5.41) is 13.6. The third-order valence-electron chi connectivity index (χ3n) is 3.88. The van der Waals surface area contributed by atoms with Crippen molar-refractivity contribution in [3.05, 3.63) is 0 Å². The van der Waals surface area contributed by atoms with E-state index in [9.17, 15) is 14.7 Å². The van der Waals surface area contributed by atoms with Crippen LogP contribution in [0.15, 0.2) is 0 Å². The van der Waals surface area contributed by atoms with Crippen molar-refractivity contribution in [1.82, 2.24) is 5.32 Å². The van der Waals surface area contributed by atoms with E-state index in [1.54, 1.807) is 0 Å². The lowest BCUT2D eigenvalue weighted by molar-refractivity contribution is -0.308. The number of hydrogen-bond acceptors (Lipinski definition) is 3. The molecule has 0 bridgehead atoms. The van der Waals surface area contributed by atoms with E-state index in [-0.39, 0.29) is 17.9 Å². The molecule has 0 spiro atoms. The average molecular weight is 238 g/mol. The van der Waals surface area contributed by atoms with E-state index >= 15 is 0 Å². The van der Waals surface area contributed by atoms with Crippen molar-refractivity contribution < 1.29 is 14.7 Å². The number of aliphatic carboxylic acids is 1. The van der Waals surface area contributed by atoms with Crippen LogP contribution in [0.25, 0.3) is 0 Å². The zero-order chi connectivity index (χ0) is 12.3. The standard InChI is InChI=1S/C13H21NO3/c15-12(10-8-11(10)13(16)17)14-9-6-4-2-1-3-5-7-9/h9-11H,1-8H2,(H,14,15)(H,16,17)/p-1/t10-,11+/m0/s1. The van der Waals surface area contributed by atoms with Crippen LogP contribution in [0.4, 0.5) is 0 Å². The highest BCUT2D eigenvalue weighted by Crippen LogP contribution is 2.38. The summed E-state index contributed by atoms with van der Waals surface area (Å²) >= 11 is 0. The van der Waals surface area contributed by atoms with Gasteiger partial charge in [-0.1, -0.05) is 32.1 Å². The highest BCUT2D eigenvalue weighted by atomic mass is 16.4. The van der Waals surface area contributed by atoms with Gasteiger partial charge in [0.1, 0.15) is 0 Å². The predicted molar refractivity (Wildman–Crippen MR) is 60.9 cm³/mol. The van der Waals surface area contributed by atoms with Crippen LogP contribution in [0.3, 0.4) is 0 Å². The Labute approximate surface area is 102 Å². The number of carbonyl (C=O) groups excluding carboxylic acids is 2. The largest absolute Gasteiger partial charge is 0.550 e. The van der Waals surface area contributed by atoms with Crippen LogP contribution >= 0.6 is 0 Å².